The standard InChI is InChI=1S/C14H27N3O2/c1-14(2,3)15-10-13-11-16-17(12-13)6-9-19-8-5-7-18-4/h11-12,15H,5-10H2,1-4H3. The number of nitrogens with one attached hydrogen (secondary N) is 1. The topological polar surface area (TPSA) is 48.3 Å². The van der Waals surface area contributed by atoms with Gasteiger partial charge in [0.2, 0.25) is 0 Å². The zero-order chi connectivity index (χ0) is 14.1. The summed E-state index contributed by atoms with van der Waals surface area (Å²) in [6.07, 6.45) is 4.91. The Kier molecular flexibility index (Phi) is 7.05. The molecule has 0 amide bonds. The molecule has 0 atom stereocenters. The van der Waals surface area contributed by atoms with Gasteiger partial charge in [0.15, 0.2) is 0 Å². The van der Waals surface area contributed by atoms with Crippen LogP contribution in [0.25, 0.3) is 0 Å². The highest BCUT2D eigenvalue weighted by Gasteiger charge is 2.09. The Hall–Kier alpha value is -0.910. The molecule has 0 aliphatic carbocycles. The maximum absolute atomic E-state index is 5.51. The van der Waals surface area contributed by atoms with E-state index in [1.807, 2.05) is 10.9 Å². The van der Waals surface area contributed by atoms with E-state index in [0.717, 1.165) is 32.7 Å². The Morgan fingerprint density at radius 1 is 1.26 bits per heavy atom. The van der Waals surface area contributed by atoms with Crippen LogP contribution in [-0.2, 0) is 22.6 Å². The van der Waals surface area contributed by atoms with Crippen molar-refractivity contribution in [1.29, 1.82) is 0 Å². The summed E-state index contributed by atoms with van der Waals surface area (Å²) in [4.78, 5) is 0. The van der Waals surface area contributed by atoms with Gasteiger partial charge in [0.05, 0.1) is 19.3 Å². The molecule has 0 aliphatic heterocycles. The molecule has 0 spiro atoms. The van der Waals surface area contributed by atoms with E-state index in [2.05, 4.69) is 37.4 Å². The van der Waals surface area contributed by atoms with Crippen molar-refractivity contribution in [3.63, 3.8) is 0 Å². The molecule has 19 heavy (non-hydrogen) atoms. The van der Waals surface area contributed by atoms with E-state index in [4.69, 9.17) is 9.47 Å². The summed E-state index contributed by atoms with van der Waals surface area (Å²) in [5.41, 5.74) is 1.33. The van der Waals surface area contributed by atoms with Crippen molar-refractivity contribution in [2.75, 3.05) is 26.9 Å². The van der Waals surface area contributed by atoms with Gasteiger partial charge in [0.25, 0.3) is 0 Å². The van der Waals surface area contributed by atoms with Crippen molar-refractivity contribution in [3.8, 4) is 0 Å². The van der Waals surface area contributed by atoms with Gasteiger partial charge in [-0.05, 0) is 27.2 Å². The molecule has 0 unspecified atom stereocenters. The molecule has 0 aromatic carbocycles. The summed E-state index contributed by atoms with van der Waals surface area (Å²) in [6, 6.07) is 0. The molecule has 1 aromatic rings. The van der Waals surface area contributed by atoms with Crippen molar-refractivity contribution >= 4 is 0 Å². The minimum atomic E-state index is 0.132. The maximum Gasteiger partial charge on any atom is 0.0662 e. The Bertz CT molecular complexity index is 345. The molecular weight excluding hydrogens is 242 g/mol. The quantitative estimate of drug-likeness (QED) is 0.695. The van der Waals surface area contributed by atoms with E-state index in [-0.39, 0.29) is 5.54 Å². The fourth-order valence-electron chi connectivity index (χ4n) is 1.55. The lowest BCUT2D eigenvalue weighted by Crippen LogP contribution is -2.34. The van der Waals surface area contributed by atoms with Gasteiger partial charge >= 0.3 is 0 Å². The largest absolute Gasteiger partial charge is 0.385 e. The number of ether oxygens (including phenoxy) is 2. The average molecular weight is 269 g/mol. The van der Waals surface area contributed by atoms with E-state index >= 15 is 0 Å². The molecule has 1 rings (SSSR count). The summed E-state index contributed by atoms with van der Waals surface area (Å²) in [7, 11) is 1.71. The van der Waals surface area contributed by atoms with Crippen molar-refractivity contribution in [2.24, 2.45) is 0 Å². The van der Waals surface area contributed by atoms with E-state index < -0.39 is 0 Å². The Morgan fingerprint density at radius 3 is 2.74 bits per heavy atom. The molecule has 0 fully saturated rings. The summed E-state index contributed by atoms with van der Waals surface area (Å²) in [6.45, 7) is 10.3. The number of hydrogen-bond donors (Lipinski definition) is 1. The van der Waals surface area contributed by atoms with Crippen LogP contribution in [0.15, 0.2) is 12.4 Å². The van der Waals surface area contributed by atoms with Crippen LogP contribution >= 0.6 is 0 Å². The lowest BCUT2D eigenvalue weighted by Gasteiger charge is -2.19. The molecule has 110 valence electrons. The molecule has 0 radical (unpaired) electrons. The third-order valence-corrected chi connectivity index (χ3v) is 2.61. The molecule has 1 N–H and O–H groups in total. The highest BCUT2D eigenvalue weighted by atomic mass is 16.5. The average Bonchev–Trinajstić information content (AvgIpc) is 2.78. The van der Waals surface area contributed by atoms with Crippen LogP contribution < -0.4 is 5.32 Å². The predicted octanol–water partition coefficient (Wildman–Crippen LogP) is 1.82. The zero-order valence-electron chi connectivity index (χ0n) is 12.6. The van der Waals surface area contributed by atoms with Crippen LogP contribution in [0.2, 0.25) is 0 Å². The minimum Gasteiger partial charge on any atom is -0.385 e. The van der Waals surface area contributed by atoms with Crippen LogP contribution in [0, 0.1) is 0 Å². The fraction of sp³-hybridized carbons (Fsp3) is 0.786. The molecular formula is C14H27N3O2. The van der Waals surface area contributed by atoms with Crippen LogP contribution in [0.4, 0.5) is 0 Å². The second-order valence-corrected chi connectivity index (χ2v) is 5.67. The van der Waals surface area contributed by atoms with Gasteiger partial charge in [-0.25, -0.2) is 0 Å². The molecule has 0 saturated carbocycles. The minimum absolute atomic E-state index is 0.132. The van der Waals surface area contributed by atoms with Gasteiger partial charge < -0.3 is 14.8 Å². The van der Waals surface area contributed by atoms with Crippen molar-refractivity contribution in [2.45, 2.75) is 45.8 Å². The third kappa shape index (κ3) is 7.97. The summed E-state index contributed by atoms with van der Waals surface area (Å²) < 4.78 is 12.4. The lowest BCUT2D eigenvalue weighted by atomic mass is 10.1. The van der Waals surface area contributed by atoms with Crippen LogP contribution in [0.3, 0.4) is 0 Å². The Balaban J connectivity index is 2.16. The van der Waals surface area contributed by atoms with E-state index in [9.17, 15) is 0 Å². The number of nitrogens with zero attached hydrogens (tertiary/aromatic N) is 2. The van der Waals surface area contributed by atoms with Gasteiger partial charge in [-0.2, -0.15) is 5.10 Å². The number of hydrogen-bond acceptors (Lipinski definition) is 4. The van der Waals surface area contributed by atoms with Crippen molar-refractivity contribution in [3.05, 3.63) is 18.0 Å². The van der Waals surface area contributed by atoms with Crippen molar-refractivity contribution in [1.82, 2.24) is 15.1 Å². The zero-order valence-corrected chi connectivity index (χ0v) is 12.6. The smallest absolute Gasteiger partial charge is 0.0662 e. The van der Waals surface area contributed by atoms with E-state index in [1.54, 1.807) is 7.11 Å². The molecule has 5 nitrogen and oxygen atoms in total. The molecule has 0 saturated heterocycles. The molecule has 0 bridgehead atoms. The highest BCUT2D eigenvalue weighted by molar-refractivity contribution is 5.03. The van der Waals surface area contributed by atoms with Gasteiger partial charge in [-0.1, -0.05) is 0 Å². The normalized spacial score (nSPS) is 12.0. The molecule has 1 aromatic heterocycles. The molecule has 0 aliphatic rings. The van der Waals surface area contributed by atoms with E-state index in [0.29, 0.717) is 6.61 Å². The molecule has 5 heteroatoms. The van der Waals surface area contributed by atoms with Gasteiger partial charge in [-0.15, -0.1) is 0 Å². The summed E-state index contributed by atoms with van der Waals surface area (Å²) in [5.74, 6) is 0. The van der Waals surface area contributed by atoms with Gasteiger partial charge in [-0.3, -0.25) is 4.68 Å². The van der Waals surface area contributed by atoms with Crippen LogP contribution in [0.5, 0.6) is 0 Å². The van der Waals surface area contributed by atoms with E-state index in [1.165, 1.54) is 5.56 Å². The van der Waals surface area contributed by atoms with Gasteiger partial charge in [0.1, 0.15) is 0 Å². The predicted molar refractivity (Wildman–Crippen MR) is 76.1 cm³/mol. The highest BCUT2D eigenvalue weighted by Crippen LogP contribution is 2.03. The van der Waals surface area contributed by atoms with Crippen molar-refractivity contribution < 1.29 is 9.47 Å². The first-order chi connectivity index (χ1) is 9.01. The lowest BCUT2D eigenvalue weighted by molar-refractivity contribution is 0.0961. The second-order valence-electron chi connectivity index (χ2n) is 5.67. The first-order valence-electron chi connectivity index (χ1n) is 6.84. The van der Waals surface area contributed by atoms with Crippen LogP contribution in [0.1, 0.15) is 32.8 Å². The summed E-state index contributed by atoms with van der Waals surface area (Å²) >= 11 is 0. The maximum atomic E-state index is 5.51. The number of aromatic nitrogens is 2. The Morgan fingerprint density at radius 2 is 2.05 bits per heavy atom. The third-order valence-electron chi connectivity index (χ3n) is 2.61. The Labute approximate surface area is 116 Å². The van der Waals surface area contributed by atoms with Gasteiger partial charge in [0, 0.05) is 44.2 Å². The van der Waals surface area contributed by atoms with Crippen LogP contribution in [-0.4, -0.2) is 42.2 Å². The SMILES string of the molecule is COCCCOCCn1cc(CNC(C)(C)C)cn1. The summed E-state index contributed by atoms with van der Waals surface area (Å²) in [5, 5.41) is 7.77. The first-order valence-corrected chi connectivity index (χ1v) is 6.84. The first kappa shape index (κ1) is 16.1. The fourth-order valence-corrected chi connectivity index (χ4v) is 1.55. The molecule has 1 heterocycles. The number of rotatable bonds is 9. The second kappa shape index (κ2) is 8.30. The monoisotopic (exact) mass is 269 g/mol. The number of methoxy groups -OCH3 is 1.